The number of halogens is 2. The molecule has 1 unspecified atom stereocenters. The maximum atomic E-state index is 6.26. The average molecular weight is 371 g/mol. The maximum absolute atomic E-state index is 6.26. The van der Waals surface area contributed by atoms with Gasteiger partial charge in [-0.2, -0.15) is 0 Å². The number of benzene rings is 1. The summed E-state index contributed by atoms with van der Waals surface area (Å²) in [6.45, 7) is 8.35. The predicted molar refractivity (Wildman–Crippen MR) is 91.5 cm³/mol. The third-order valence-corrected chi connectivity index (χ3v) is 4.41. The summed E-state index contributed by atoms with van der Waals surface area (Å²) in [7, 11) is 0. The Kier molecular flexibility index (Phi) is 5.47. The SMILES string of the molecule is CC(C)(C)C(Cn1ccnc1)NCc1cc(Br)ccc1Cl. The van der Waals surface area contributed by atoms with Gasteiger partial charge in [-0.3, -0.25) is 0 Å². The van der Waals surface area contributed by atoms with Crippen LogP contribution in [0.5, 0.6) is 0 Å². The predicted octanol–water partition coefficient (Wildman–Crippen LogP) is 4.50. The summed E-state index contributed by atoms with van der Waals surface area (Å²) >= 11 is 9.75. The number of hydrogen-bond acceptors (Lipinski definition) is 2. The van der Waals surface area contributed by atoms with Crippen LogP contribution in [-0.4, -0.2) is 15.6 Å². The fourth-order valence-electron chi connectivity index (χ4n) is 2.16. The first-order chi connectivity index (χ1) is 9.86. The molecule has 114 valence electrons. The van der Waals surface area contributed by atoms with Gasteiger partial charge in [0.2, 0.25) is 0 Å². The molecule has 1 N–H and O–H groups in total. The molecule has 3 nitrogen and oxygen atoms in total. The van der Waals surface area contributed by atoms with Gasteiger partial charge in [-0.15, -0.1) is 0 Å². The number of nitrogens with zero attached hydrogens (tertiary/aromatic N) is 2. The van der Waals surface area contributed by atoms with Crippen LogP contribution in [0.4, 0.5) is 0 Å². The average Bonchev–Trinajstić information content (AvgIpc) is 2.89. The molecule has 2 rings (SSSR count). The van der Waals surface area contributed by atoms with Crippen molar-refractivity contribution in [2.45, 2.75) is 39.9 Å². The van der Waals surface area contributed by atoms with Crippen molar-refractivity contribution < 1.29 is 0 Å². The standard InChI is InChI=1S/C16H21BrClN3/c1-16(2,3)15(10-21-7-6-19-11-21)20-9-12-8-13(17)4-5-14(12)18/h4-8,11,15,20H,9-10H2,1-3H3. The molecule has 1 atom stereocenters. The summed E-state index contributed by atoms with van der Waals surface area (Å²) in [6, 6.07) is 6.26. The highest BCUT2D eigenvalue weighted by molar-refractivity contribution is 9.10. The summed E-state index contributed by atoms with van der Waals surface area (Å²) in [5, 5.41) is 4.42. The number of nitrogens with one attached hydrogen (secondary N) is 1. The largest absolute Gasteiger partial charge is 0.336 e. The van der Waals surface area contributed by atoms with Crippen LogP contribution < -0.4 is 5.32 Å². The van der Waals surface area contributed by atoms with Gasteiger partial charge in [0.15, 0.2) is 0 Å². The Morgan fingerprint density at radius 2 is 2.14 bits per heavy atom. The number of imidazole rings is 1. The highest BCUT2D eigenvalue weighted by atomic mass is 79.9. The molecule has 2 aromatic rings. The molecule has 0 saturated heterocycles. The van der Waals surface area contributed by atoms with E-state index >= 15 is 0 Å². The number of aromatic nitrogens is 2. The van der Waals surface area contributed by atoms with Crippen LogP contribution >= 0.6 is 27.5 Å². The lowest BCUT2D eigenvalue weighted by Crippen LogP contribution is -2.43. The van der Waals surface area contributed by atoms with Gasteiger partial charge in [-0.05, 0) is 29.2 Å². The zero-order valence-electron chi connectivity index (χ0n) is 12.6. The summed E-state index contributed by atoms with van der Waals surface area (Å²) < 4.78 is 3.15. The Bertz CT molecular complexity index is 576. The molecular formula is C16H21BrClN3. The van der Waals surface area contributed by atoms with E-state index in [0.29, 0.717) is 6.04 Å². The molecule has 0 aliphatic carbocycles. The zero-order chi connectivity index (χ0) is 15.5. The lowest BCUT2D eigenvalue weighted by Gasteiger charge is -2.32. The molecule has 0 fully saturated rings. The minimum Gasteiger partial charge on any atom is -0.336 e. The van der Waals surface area contributed by atoms with E-state index in [-0.39, 0.29) is 5.41 Å². The minimum atomic E-state index is 0.142. The second-order valence-electron chi connectivity index (χ2n) is 6.29. The summed E-state index contributed by atoms with van der Waals surface area (Å²) in [5.41, 5.74) is 1.24. The van der Waals surface area contributed by atoms with E-state index in [4.69, 9.17) is 11.6 Å². The molecular weight excluding hydrogens is 350 g/mol. The summed E-state index contributed by atoms with van der Waals surface area (Å²) in [6.07, 6.45) is 5.66. The molecule has 0 bridgehead atoms. The molecule has 1 heterocycles. The van der Waals surface area contributed by atoms with Crippen LogP contribution in [0.1, 0.15) is 26.3 Å². The van der Waals surface area contributed by atoms with E-state index in [1.807, 2.05) is 30.9 Å². The third-order valence-electron chi connectivity index (χ3n) is 3.54. The van der Waals surface area contributed by atoms with Gasteiger partial charge in [-0.25, -0.2) is 4.98 Å². The smallest absolute Gasteiger partial charge is 0.0946 e. The van der Waals surface area contributed by atoms with Gasteiger partial charge >= 0.3 is 0 Å². The Hall–Kier alpha value is -0.840. The van der Waals surface area contributed by atoms with Gasteiger partial charge in [0.05, 0.1) is 6.33 Å². The Balaban J connectivity index is 2.07. The van der Waals surface area contributed by atoms with Gasteiger partial charge < -0.3 is 9.88 Å². The lowest BCUT2D eigenvalue weighted by molar-refractivity contribution is 0.240. The maximum Gasteiger partial charge on any atom is 0.0946 e. The number of rotatable bonds is 5. The quantitative estimate of drug-likeness (QED) is 0.839. The van der Waals surface area contributed by atoms with Crippen molar-refractivity contribution in [3.8, 4) is 0 Å². The second-order valence-corrected chi connectivity index (χ2v) is 7.62. The summed E-state index contributed by atoms with van der Waals surface area (Å²) in [4.78, 5) is 4.11. The van der Waals surface area contributed by atoms with Crippen molar-refractivity contribution >= 4 is 27.5 Å². The van der Waals surface area contributed by atoms with Crippen molar-refractivity contribution in [1.82, 2.24) is 14.9 Å². The van der Waals surface area contributed by atoms with Crippen molar-refractivity contribution in [1.29, 1.82) is 0 Å². The van der Waals surface area contributed by atoms with Crippen LogP contribution in [0.25, 0.3) is 0 Å². The number of hydrogen-bond donors (Lipinski definition) is 1. The molecule has 0 spiro atoms. The van der Waals surface area contributed by atoms with Crippen LogP contribution in [0, 0.1) is 5.41 Å². The minimum absolute atomic E-state index is 0.142. The molecule has 21 heavy (non-hydrogen) atoms. The Morgan fingerprint density at radius 3 is 2.76 bits per heavy atom. The second kappa shape index (κ2) is 6.95. The van der Waals surface area contributed by atoms with Gasteiger partial charge in [0.1, 0.15) is 0 Å². The van der Waals surface area contributed by atoms with E-state index in [2.05, 4.69) is 57.6 Å². The fraction of sp³-hybridized carbons (Fsp3) is 0.438. The normalized spacial score (nSPS) is 13.4. The third kappa shape index (κ3) is 4.83. The fourth-order valence-corrected chi connectivity index (χ4v) is 2.75. The van der Waals surface area contributed by atoms with Crippen molar-refractivity contribution in [3.63, 3.8) is 0 Å². The van der Waals surface area contributed by atoms with Gasteiger partial charge in [0.25, 0.3) is 0 Å². The molecule has 0 aliphatic rings. The van der Waals surface area contributed by atoms with Crippen LogP contribution in [-0.2, 0) is 13.1 Å². The van der Waals surface area contributed by atoms with Gasteiger partial charge in [0, 0.05) is 41.0 Å². The monoisotopic (exact) mass is 369 g/mol. The zero-order valence-corrected chi connectivity index (χ0v) is 14.9. The van der Waals surface area contributed by atoms with Gasteiger partial charge in [-0.1, -0.05) is 48.3 Å². The molecule has 1 aromatic heterocycles. The molecule has 5 heteroatoms. The molecule has 1 aromatic carbocycles. The topological polar surface area (TPSA) is 29.9 Å². The highest BCUT2D eigenvalue weighted by Crippen LogP contribution is 2.24. The van der Waals surface area contributed by atoms with E-state index in [9.17, 15) is 0 Å². The van der Waals surface area contributed by atoms with E-state index in [1.165, 1.54) is 0 Å². The highest BCUT2D eigenvalue weighted by Gasteiger charge is 2.24. The molecule has 0 aliphatic heterocycles. The van der Waals surface area contributed by atoms with Crippen molar-refractivity contribution in [3.05, 3.63) is 52.0 Å². The van der Waals surface area contributed by atoms with Crippen molar-refractivity contribution in [2.24, 2.45) is 5.41 Å². The van der Waals surface area contributed by atoms with Crippen LogP contribution in [0.3, 0.4) is 0 Å². The van der Waals surface area contributed by atoms with Crippen LogP contribution in [0.15, 0.2) is 41.4 Å². The van der Waals surface area contributed by atoms with Crippen molar-refractivity contribution in [2.75, 3.05) is 0 Å². The Labute approximate surface area is 139 Å². The first kappa shape index (κ1) is 16.5. The first-order valence-electron chi connectivity index (χ1n) is 6.99. The molecule has 0 saturated carbocycles. The van der Waals surface area contributed by atoms with E-state index in [0.717, 1.165) is 28.1 Å². The van der Waals surface area contributed by atoms with Crippen LogP contribution in [0.2, 0.25) is 5.02 Å². The summed E-state index contributed by atoms with van der Waals surface area (Å²) in [5.74, 6) is 0. The molecule has 0 radical (unpaired) electrons. The van der Waals surface area contributed by atoms with E-state index < -0.39 is 0 Å². The molecule has 0 amide bonds. The Morgan fingerprint density at radius 1 is 1.38 bits per heavy atom. The first-order valence-corrected chi connectivity index (χ1v) is 8.16. The van der Waals surface area contributed by atoms with E-state index in [1.54, 1.807) is 0 Å². The lowest BCUT2D eigenvalue weighted by atomic mass is 9.86.